The Morgan fingerprint density at radius 2 is 1.74 bits per heavy atom. The van der Waals surface area contributed by atoms with Crippen molar-refractivity contribution in [3.8, 4) is 0 Å². The third kappa shape index (κ3) is 3.81. The molecule has 1 aromatic heterocycles. The van der Waals surface area contributed by atoms with E-state index >= 15 is 0 Å². The average Bonchev–Trinajstić information content (AvgIpc) is 3.11. The van der Waals surface area contributed by atoms with Crippen molar-refractivity contribution >= 4 is 40.7 Å². The van der Waals surface area contributed by atoms with Crippen molar-refractivity contribution < 1.29 is 23.1 Å². The number of amides is 1. The number of aromatic nitrogens is 1. The molecular weight excluding hydrogens is 464 g/mol. The zero-order valence-corrected chi connectivity index (χ0v) is 18.7. The minimum Gasteiger partial charge on any atom is -0.463 e. The van der Waals surface area contributed by atoms with Gasteiger partial charge < -0.3 is 16.2 Å². The molecule has 0 spiro atoms. The molecule has 4 N–H and O–H groups in total. The molecule has 0 bridgehead atoms. The first-order valence-corrected chi connectivity index (χ1v) is 11.0. The highest BCUT2D eigenvalue weighted by atomic mass is 32.1. The molecule has 1 unspecified atom stereocenters. The number of benzene rings is 2. The smallest absolute Gasteiger partial charge is 0.338 e. The Labute approximate surface area is 195 Å². The molecule has 0 saturated heterocycles. The SMILES string of the molecule is CCOC(=O)C1=C(N)n2c(sc(=Cc3ccccc3F)c2=O)=C(C(N)=O)C1c1ccccc1F. The number of rotatable bonds is 5. The van der Waals surface area contributed by atoms with Crippen LogP contribution in [-0.2, 0) is 14.3 Å². The van der Waals surface area contributed by atoms with Gasteiger partial charge in [0, 0.05) is 11.1 Å². The molecule has 4 rings (SSSR count). The molecule has 0 saturated carbocycles. The van der Waals surface area contributed by atoms with E-state index in [-0.39, 0.29) is 43.9 Å². The van der Waals surface area contributed by atoms with Crippen LogP contribution in [0.15, 0.2) is 58.9 Å². The summed E-state index contributed by atoms with van der Waals surface area (Å²) in [7, 11) is 0. The molecule has 10 heteroatoms. The number of esters is 1. The standard InChI is InChI=1S/C24H19F2N3O4S/c1-2-33-24(32)18-17(13-8-4-6-10-15(13)26)19(21(28)30)23-29(20(18)27)22(31)16(34-23)11-12-7-3-5-9-14(12)25/h3-11,17H,2,27H2,1H3,(H2,28,30). The molecule has 2 heterocycles. The van der Waals surface area contributed by atoms with Gasteiger partial charge in [0.2, 0.25) is 5.91 Å². The van der Waals surface area contributed by atoms with E-state index in [0.717, 1.165) is 15.9 Å². The van der Waals surface area contributed by atoms with Crippen LogP contribution in [0.3, 0.4) is 0 Å². The van der Waals surface area contributed by atoms with E-state index in [2.05, 4.69) is 0 Å². The van der Waals surface area contributed by atoms with Gasteiger partial charge in [-0.1, -0.05) is 36.4 Å². The van der Waals surface area contributed by atoms with Crippen LogP contribution in [0.2, 0.25) is 0 Å². The van der Waals surface area contributed by atoms with Gasteiger partial charge in [0.15, 0.2) is 0 Å². The Balaban J connectivity index is 2.14. The first-order valence-electron chi connectivity index (χ1n) is 10.2. The molecule has 1 aliphatic heterocycles. The summed E-state index contributed by atoms with van der Waals surface area (Å²) < 4.78 is 35.2. The van der Waals surface area contributed by atoms with Crippen LogP contribution < -0.4 is 26.2 Å². The normalized spacial score (nSPS) is 15.9. The van der Waals surface area contributed by atoms with Crippen molar-refractivity contribution in [2.75, 3.05) is 6.61 Å². The van der Waals surface area contributed by atoms with Gasteiger partial charge in [0.25, 0.3) is 5.56 Å². The molecule has 0 aliphatic carbocycles. The quantitative estimate of drug-likeness (QED) is 0.528. The Kier molecular flexibility index (Phi) is 6.16. The van der Waals surface area contributed by atoms with Gasteiger partial charge in [-0.3, -0.25) is 14.2 Å². The van der Waals surface area contributed by atoms with Crippen molar-refractivity contribution in [2.45, 2.75) is 12.8 Å². The van der Waals surface area contributed by atoms with Gasteiger partial charge in [-0.05, 0) is 25.1 Å². The predicted molar refractivity (Wildman–Crippen MR) is 124 cm³/mol. The molecular formula is C24H19F2N3O4S. The van der Waals surface area contributed by atoms with E-state index in [1.165, 1.54) is 48.5 Å². The van der Waals surface area contributed by atoms with Crippen LogP contribution in [-0.4, -0.2) is 23.1 Å². The summed E-state index contributed by atoms with van der Waals surface area (Å²) in [6.45, 7) is 1.54. The first kappa shape index (κ1) is 23.1. The highest BCUT2D eigenvalue weighted by Gasteiger charge is 2.39. The maximum Gasteiger partial charge on any atom is 0.338 e. The van der Waals surface area contributed by atoms with Crippen LogP contribution in [0.1, 0.15) is 24.0 Å². The third-order valence-electron chi connectivity index (χ3n) is 5.32. The highest BCUT2D eigenvalue weighted by molar-refractivity contribution is 7.07. The van der Waals surface area contributed by atoms with E-state index in [4.69, 9.17) is 16.2 Å². The molecule has 1 atom stereocenters. The topological polar surface area (TPSA) is 117 Å². The van der Waals surface area contributed by atoms with Crippen LogP contribution in [0, 0.1) is 11.6 Å². The minimum absolute atomic E-state index is 0.0246. The van der Waals surface area contributed by atoms with E-state index in [1.807, 2.05) is 0 Å². The molecule has 174 valence electrons. The zero-order valence-electron chi connectivity index (χ0n) is 17.9. The van der Waals surface area contributed by atoms with Crippen LogP contribution in [0.5, 0.6) is 0 Å². The molecule has 1 aliphatic rings. The van der Waals surface area contributed by atoms with Gasteiger partial charge in [-0.15, -0.1) is 11.3 Å². The fourth-order valence-corrected chi connectivity index (χ4v) is 5.02. The highest BCUT2D eigenvalue weighted by Crippen LogP contribution is 2.38. The lowest BCUT2D eigenvalue weighted by Crippen LogP contribution is -2.42. The van der Waals surface area contributed by atoms with Crippen molar-refractivity contribution in [3.63, 3.8) is 0 Å². The van der Waals surface area contributed by atoms with E-state index in [9.17, 15) is 23.2 Å². The lowest BCUT2D eigenvalue weighted by Gasteiger charge is -2.26. The van der Waals surface area contributed by atoms with Crippen LogP contribution >= 0.6 is 11.3 Å². The van der Waals surface area contributed by atoms with Crippen LogP contribution in [0.25, 0.3) is 17.5 Å². The molecule has 7 nitrogen and oxygen atoms in total. The second kappa shape index (κ2) is 9.06. The maximum absolute atomic E-state index is 14.9. The summed E-state index contributed by atoms with van der Waals surface area (Å²) in [6, 6.07) is 11.4. The summed E-state index contributed by atoms with van der Waals surface area (Å²) >= 11 is 0.839. The number of thiazole rings is 1. The Bertz CT molecular complexity index is 1540. The van der Waals surface area contributed by atoms with Gasteiger partial charge >= 0.3 is 5.97 Å². The largest absolute Gasteiger partial charge is 0.463 e. The lowest BCUT2D eigenvalue weighted by molar-refractivity contribution is -0.138. The zero-order chi connectivity index (χ0) is 24.6. The minimum atomic E-state index is -1.31. The van der Waals surface area contributed by atoms with Crippen molar-refractivity contribution in [1.29, 1.82) is 0 Å². The van der Waals surface area contributed by atoms with Gasteiger partial charge in [0.1, 0.15) is 22.1 Å². The molecule has 3 aromatic rings. The number of carbonyl (C=O) groups is 2. The first-order chi connectivity index (χ1) is 16.3. The van der Waals surface area contributed by atoms with Crippen molar-refractivity contribution in [2.24, 2.45) is 11.5 Å². The predicted octanol–water partition coefficient (Wildman–Crippen LogP) is 1.14. The summed E-state index contributed by atoms with van der Waals surface area (Å²) in [5, 5.41) is 0. The Hall–Kier alpha value is -4.05. The van der Waals surface area contributed by atoms with Gasteiger partial charge in [-0.25, -0.2) is 13.6 Å². The fourth-order valence-electron chi connectivity index (χ4n) is 3.85. The van der Waals surface area contributed by atoms with E-state index in [0.29, 0.717) is 0 Å². The summed E-state index contributed by atoms with van der Waals surface area (Å²) in [4.78, 5) is 38.8. The van der Waals surface area contributed by atoms with Gasteiger partial charge in [-0.2, -0.15) is 0 Å². The molecule has 34 heavy (non-hydrogen) atoms. The number of halogens is 2. The second-order valence-corrected chi connectivity index (χ2v) is 8.36. The number of ether oxygens (including phenoxy) is 1. The van der Waals surface area contributed by atoms with Crippen molar-refractivity contribution in [1.82, 2.24) is 4.57 Å². The number of primary amides is 1. The van der Waals surface area contributed by atoms with E-state index < -0.39 is 35.0 Å². The molecule has 1 amide bonds. The number of nitrogens with two attached hydrogens (primary N) is 2. The van der Waals surface area contributed by atoms with Gasteiger partial charge in [0.05, 0.1) is 28.2 Å². The monoisotopic (exact) mass is 483 g/mol. The molecule has 0 radical (unpaired) electrons. The average molecular weight is 483 g/mol. The molecule has 2 aromatic carbocycles. The lowest BCUT2D eigenvalue weighted by atomic mass is 9.82. The number of hydrogen-bond acceptors (Lipinski definition) is 6. The number of fused-ring (bicyclic) bond motifs is 1. The Morgan fingerprint density at radius 1 is 1.09 bits per heavy atom. The van der Waals surface area contributed by atoms with E-state index in [1.54, 1.807) is 13.0 Å². The van der Waals surface area contributed by atoms with Crippen molar-refractivity contribution in [3.05, 3.63) is 96.4 Å². The number of carbonyl (C=O) groups excluding carboxylic acids is 2. The second-order valence-electron chi connectivity index (χ2n) is 7.33. The maximum atomic E-state index is 14.9. The Morgan fingerprint density at radius 3 is 2.35 bits per heavy atom. The number of nitrogens with zero attached hydrogens (tertiary/aromatic N) is 1. The summed E-state index contributed by atoms with van der Waals surface area (Å²) in [6.07, 6.45) is 1.31. The summed E-state index contributed by atoms with van der Waals surface area (Å²) in [5.41, 5.74) is 10.9. The van der Waals surface area contributed by atoms with Crippen LogP contribution in [0.4, 0.5) is 8.78 Å². The summed E-state index contributed by atoms with van der Waals surface area (Å²) in [5.74, 6) is -4.78. The third-order valence-corrected chi connectivity index (χ3v) is 6.43. The number of hydrogen-bond donors (Lipinski definition) is 2. The molecule has 0 fully saturated rings. The fraction of sp³-hybridized carbons (Fsp3) is 0.125.